The Morgan fingerprint density at radius 3 is 2.62 bits per heavy atom. The van der Waals surface area contributed by atoms with Crippen LogP contribution in [0, 0.1) is 0 Å². The summed E-state index contributed by atoms with van der Waals surface area (Å²) in [4.78, 5) is 52.7. The van der Waals surface area contributed by atoms with E-state index in [1.165, 1.54) is 0 Å². The molecule has 1 atom stereocenters. The summed E-state index contributed by atoms with van der Waals surface area (Å²) in [5.41, 5.74) is 0.906. The van der Waals surface area contributed by atoms with Crippen LogP contribution < -0.4 is 10.9 Å². The first-order chi connectivity index (χ1) is 15.4. The van der Waals surface area contributed by atoms with Crippen molar-refractivity contribution in [1.29, 1.82) is 0 Å². The van der Waals surface area contributed by atoms with E-state index in [9.17, 15) is 19.2 Å². The van der Waals surface area contributed by atoms with E-state index in [1.807, 2.05) is 6.07 Å². The van der Waals surface area contributed by atoms with Gasteiger partial charge in [-0.15, -0.1) is 0 Å². The van der Waals surface area contributed by atoms with Crippen molar-refractivity contribution in [1.82, 2.24) is 0 Å². The van der Waals surface area contributed by atoms with Gasteiger partial charge in [-0.1, -0.05) is 30.0 Å². The number of esters is 1. The largest absolute Gasteiger partial charge is 0.462 e. The molecule has 32 heavy (non-hydrogen) atoms. The standard InChI is InChI=1S/C23H18N2O6S/c1-2-30-22(28)13-7-9-15(10-8-13)24-19(26)12-18-20(27)25-21(32-18)16-11-14-5-3-4-6-17(14)31-23(16)29/h3-11,18H,2,12H2,1H3,(H,24,26). The van der Waals surface area contributed by atoms with Gasteiger partial charge in [0.1, 0.15) is 15.9 Å². The van der Waals surface area contributed by atoms with Crippen molar-refractivity contribution in [3.63, 3.8) is 0 Å². The Hall–Kier alpha value is -3.72. The number of carbonyl (C=O) groups excluding carboxylic acids is 3. The molecule has 0 bridgehead atoms. The lowest BCUT2D eigenvalue weighted by atomic mass is 10.2. The summed E-state index contributed by atoms with van der Waals surface area (Å²) >= 11 is 1.06. The Balaban J connectivity index is 1.41. The zero-order chi connectivity index (χ0) is 22.7. The van der Waals surface area contributed by atoms with Gasteiger partial charge < -0.3 is 14.5 Å². The molecule has 0 radical (unpaired) electrons. The third-order valence-electron chi connectivity index (χ3n) is 4.66. The van der Waals surface area contributed by atoms with Gasteiger partial charge in [-0.3, -0.25) is 9.59 Å². The van der Waals surface area contributed by atoms with Gasteiger partial charge in [0.05, 0.1) is 17.7 Å². The van der Waals surface area contributed by atoms with Gasteiger partial charge in [0.25, 0.3) is 5.91 Å². The van der Waals surface area contributed by atoms with E-state index in [2.05, 4.69) is 10.3 Å². The summed E-state index contributed by atoms with van der Waals surface area (Å²) < 4.78 is 10.2. The number of hydrogen-bond donors (Lipinski definition) is 1. The van der Waals surface area contributed by atoms with Gasteiger partial charge in [-0.25, -0.2) is 14.6 Å². The minimum atomic E-state index is -0.741. The fraction of sp³-hybridized carbons (Fsp3) is 0.174. The number of amides is 2. The number of rotatable bonds is 6. The van der Waals surface area contributed by atoms with Crippen LogP contribution in [0.5, 0.6) is 0 Å². The number of para-hydroxylation sites is 1. The van der Waals surface area contributed by atoms with E-state index in [4.69, 9.17) is 9.15 Å². The molecule has 3 aromatic rings. The maximum atomic E-state index is 12.4. The summed E-state index contributed by atoms with van der Waals surface area (Å²) in [6.45, 7) is 1.99. The zero-order valence-corrected chi connectivity index (χ0v) is 17.8. The van der Waals surface area contributed by atoms with E-state index in [0.29, 0.717) is 22.2 Å². The van der Waals surface area contributed by atoms with Crippen molar-refractivity contribution in [2.45, 2.75) is 18.6 Å². The highest BCUT2D eigenvalue weighted by Gasteiger charge is 2.32. The van der Waals surface area contributed by atoms with E-state index >= 15 is 0 Å². The maximum Gasteiger partial charge on any atom is 0.346 e. The zero-order valence-electron chi connectivity index (χ0n) is 17.0. The highest BCUT2D eigenvalue weighted by molar-refractivity contribution is 8.16. The van der Waals surface area contributed by atoms with Crippen molar-refractivity contribution in [2.24, 2.45) is 4.99 Å². The molecule has 0 saturated carbocycles. The molecule has 1 aliphatic rings. The van der Waals surface area contributed by atoms with Crippen LogP contribution in [-0.2, 0) is 14.3 Å². The molecule has 2 aromatic carbocycles. The van der Waals surface area contributed by atoms with Gasteiger partial charge >= 0.3 is 11.6 Å². The lowest BCUT2D eigenvalue weighted by Crippen LogP contribution is -2.21. The number of anilines is 1. The average molecular weight is 450 g/mol. The Labute approximate surface area is 186 Å². The molecule has 1 N–H and O–H groups in total. The number of carbonyl (C=O) groups is 3. The Morgan fingerprint density at radius 2 is 1.88 bits per heavy atom. The lowest BCUT2D eigenvalue weighted by Gasteiger charge is -2.09. The number of thioether (sulfide) groups is 1. The van der Waals surface area contributed by atoms with Crippen LogP contribution >= 0.6 is 11.8 Å². The van der Waals surface area contributed by atoms with E-state index in [-0.39, 0.29) is 29.5 Å². The Morgan fingerprint density at radius 1 is 1.12 bits per heavy atom. The molecule has 0 aliphatic carbocycles. The number of ether oxygens (including phenoxy) is 1. The molecule has 0 saturated heterocycles. The molecule has 2 heterocycles. The molecule has 9 heteroatoms. The first-order valence-corrected chi connectivity index (χ1v) is 10.7. The monoisotopic (exact) mass is 450 g/mol. The van der Waals surface area contributed by atoms with Crippen LogP contribution in [-0.4, -0.2) is 34.7 Å². The Bertz CT molecular complexity index is 1300. The summed E-state index contributed by atoms with van der Waals surface area (Å²) in [6.07, 6.45) is -0.116. The minimum Gasteiger partial charge on any atom is -0.462 e. The number of nitrogens with zero attached hydrogens (tertiary/aromatic N) is 1. The topological polar surface area (TPSA) is 115 Å². The minimum absolute atomic E-state index is 0.116. The van der Waals surface area contributed by atoms with E-state index in [1.54, 1.807) is 55.5 Å². The summed E-state index contributed by atoms with van der Waals surface area (Å²) in [5.74, 6) is -1.31. The Kier molecular flexibility index (Phi) is 6.18. The number of hydrogen-bond acceptors (Lipinski definition) is 7. The lowest BCUT2D eigenvalue weighted by molar-refractivity contribution is -0.121. The second-order valence-corrected chi connectivity index (χ2v) is 8.09. The van der Waals surface area contributed by atoms with Crippen molar-refractivity contribution in [2.75, 3.05) is 11.9 Å². The summed E-state index contributed by atoms with van der Waals surface area (Å²) in [6, 6.07) is 14.9. The third-order valence-corrected chi connectivity index (χ3v) is 5.85. The van der Waals surface area contributed by atoms with Crippen LogP contribution in [0.2, 0.25) is 0 Å². The number of aliphatic imine (C=N–C) groups is 1. The van der Waals surface area contributed by atoms with Gasteiger partial charge in [0, 0.05) is 17.5 Å². The van der Waals surface area contributed by atoms with Crippen LogP contribution in [0.15, 0.2) is 68.8 Å². The van der Waals surface area contributed by atoms with Crippen molar-refractivity contribution in [3.05, 3.63) is 76.1 Å². The van der Waals surface area contributed by atoms with Crippen molar-refractivity contribution < 1.29 is 23.5 Å². The predicted molar refractivity (Wildman–Crippen MR) is 121 cm³/mol. The van der Waals surface area contributed by atoms with Crippen molar-refractivity contribution >= 4 is 51.2 Å². The summed E-state index contributed by atoms with van der Waals surface area (Å²) in [5, 5.41) is 2.90. The van der Waals surface area contributed by atoms with Crippen LogP contribution in [0.4, 0.5) is 5.69 Å². The fourth-order valence-electron chi connectivity index (χ4n) is 3.13. The van der Waals surface area contributed by atoms with E-state index in [0.717, 1.165) is 11.8 Å². The third kappa shape index (κ3) is 4.62. The molecule has 162 valence electrons. The van der Waals surface area contributed by atoms with Gasteiger partial charge in [0.2, 0.25) is 5.91 Å². The van der Waals surface area contributed by atoms with Gasteiger partial charge in [-0.05, 0) is 43.3 Å². The quantitative estimate of drug-likeness (QED) is 0.452. The smallest absolute Gasteiger partial charge is 0.346 e. The molecular formula is C23H18N2O6S. The maximum absolute atomic E-state index is 12.4. The second kappa shape index (κ2) is 9.19. The molecule has 2 amide bonds. The van der Waals surface area contributed by atoms with Crippen LogP contribution in [0.3, 0.4) is 0 Å². The first kappa shape index (κ1) is 21.5. The highest BCUT2D eigenvalue weighted by Crippen LogP contribution is 2.29. The number of fused-ring (bicyclic) bond motifs is 1. The number of nitrogens with one attached hydrogen (secondary N) is 1. The highest BCUT2D eigenvalue weighted by atomic mass is 32.2. The molecule has 8 nitrogen and oxygen atoms in total. The number of benzene rings is 2. The molecule has 0 spiro atoms. The first-order valence-electron chi connectivity index (χ1n) is 9.84. The van der Waals surface area contributed by atoms with Gasteiger partial charge in [0.15, 0.2) is 0 Å². The molecular weight excluding hydrogens is 432 g/mol. The van der Waals surface area contributed by atoms with Crippen LogP contribution in [0.1, 0.15) is 29.3 Å². The normalized spacial score (nSPS) is 15.5. The molecule has 1 aromatic heterocycles. The second-order valence-electron chi connectivity index (χ2n) is 6.90. The van der Waals surface area contributed by atoms with Gasteiger partial charge in [-0.2, -0.15) is 0 Å². The summed E-state index contributed by atoms with van der Waals surface area (Å²) in [7, 11) is 0. The van der Waals surface area contributed by atoms with Crippen molar-refractivity contribution in [3.8, 4) is 0 Å². The molecule has 4 rings (SSSR count). The predicted octanol–water partition coefficient (Wildman–Crippen LogP) is 3.39. The van der Waals surface area contributed by atoms with Crippen LogP contribution in [0.25, 0.3) is 11.0 Å². The SMILES string of the molecule is CCOC(=O)c1ccc(NC(=O)CC2SC(c3cc4ccccc4oc3=O)=NC2=O)cc1. The molecule has 1 unspecified atom stereocenters. The molecule has 1 aliphatic heterocycles. The molecule has 0 fully saturated rings. The average Bonchev–Trinajstić information content (AvgIpc) is 3.13. The fourth-order valence-corrected chi connectivity index (χ4v) is 4.20. The van der Waals surface area contributed by atoms with E-state index < -0.39 is 22.8 Å².